The van der Waals surface area contributed by atoms with E-state index in [2.05, 4.69) is 15.0 Å². The first kappa shape index (κ1) is 20.4. The summed E-state index contributed by atoms with van der Waals surface area (Å²) < 4.78 is 0. The number of carbonyl (C=O) groups is 1. The summed E-state index contributed by atoms with van der Waals surface area (Å²) >= 11 is 0. The highest BCUT2D eigenvalue weighted by Gasteiger charge is 2.19. The van der Waals surface area contributed by atoms with E-state index in [-0.39, 0.29) is 17.9 Å². The minimum Gasteiger partial charge on any atom is -0.338 e. The van der Waals surface area contributed by atoms with Crippen LogP contribution in [0.15, 0.2) is 59.7 Å². The Kier molecular flexibility index (Phi) is 6.86. The van der Waals surface area contributed by atoms with Gasteiger partial charge in [-0.1, -0.05) is 30.3 Å². The molecule has 0 aliphatic rings. The molecule has 0 aliphatic carbocycles. The molecule has 0 saturated heterocycles. The van der Waals surface area contributed by atoms with Crippen molar-refractivity contribution >= 4 is 5.91 Å². The molecular formula is C22H25N5O2. The van der Waals surface area contributed by atoms with Crippen molar-refractivity contribution in [1.82, 2.24) is 19.9 Å². The number of nitrogens with two attached hydrogens (primary N) is 1. The van der Waals surface area contributed by atoms with Gasteiger partial charge in [0.05, 0.1) is 6.42 Å². The van der Waals surface area contributed by atoms with Gasteiger partial charge in [0.2, 0.25) is 5.91 Å². The molecule has 3 N–H and O–H groups in total. The Labute approximate surface area is 169 Å². The first-order chi connectivity index (χ1) is 14.1. The molecule has 3 rings (SSSR count). The smallest absolute Gasteiger partial charge is 0.255 e. The van der Waals surface area contributed by atoms with Crippen molar-refractivity contribution in [2.75, 3.05) is 13.1 Å². The molecule has 1 aromatic carbocycles. The van der Waals surface area contributed by atoms with E-state index in [0.717, 1.165) is 11.1 Å². The molecule has 2 aromatic heterocycles. The second kappa shape index (κ2) is 9.75. The summed E-state index contributed by atoms with van der Waals surface area (Å²) in [6.45, 7) is 3.28. The van der Waals surface area contributed by atoms with Crippen LogP contribution < -0.4 is 11.3 Å². The summed E-state index contributed by atoms with van der Waals surface area (Å²) in [6, 6.07) is 13.4. The van der Waals surface area contributed by atoms with Crippen LogP contribution in [-0.2, 0) is 17.8 Å². The predicted octanol–water partition coefficient (Wildman–Crippen LogP) is 2.06. The van der Waals surface area contributed by atoms with Crippen LogP contribution in [0.4, 0.5) is 0 Å². The molecule has 150 valence electrons. The minimum atomic E-state index is -0.303. The van der Waals surface area contributed by atoms with Crippen molar-refractivity contribution in [2.24, 2.45) is 5.73 Å². The fourth-order valence-corrected chi connectivity index (χ4v) is 3.10. The van der Waals surface area contributed by atoms with Crippen LogP contribution in [-0.4, -0.2) is 38.8 Å². The first-order valence-corrected chi connectivity index (χ1v) is 9.60. The van der Waals surface area contributed by atoms with Crippen molar-refractivity contribution in [2.45, 2.75) is 26.3 Å². The van der Waals surface area contributed by atoms with E-state index in [9.17, 15) is 9.59 Å². The Hall–Kier alpha value is -3.32. The van der Waals surface area contributed by atoms with Crippen molar-refractivity contribution < 1.29 is 4.79 Å². The molecule has 2 heterocycles. The summed E-state index contributed by atoms with van der Waals surface area (Å²) in [5, 5.41) is 0. The number of nitrogens with one attached hydrogen (secondary N) is 1. The number of pyridine rings is 1. The van der Waals surface area contributed by atoms with Gasteiger partial charge >= 0.3 is 0 Å². The van der Waals surface area contributed by atoms with Crippen molar-refractivity contribution in [1.29, 1.82) is 0 Å². The maximum Gasteiger partial charge on any atom is 0.255 e. The monoisotopic (exact) mass is 391 g/mol. The fraction of sp³-hybridized carbons (Fsp3) is 0.273. The molecule has 0 saturated carbocycles. The molecular weight excluding hydrogens is 366 g/mol. The molecule has 0 bridgehead atoms. The van der Waals surface area contributed by atoms with E-state index in [4.69, 9.17) is 5.73 Å². The lowest BCUT2D eigenvalue weighted by Gasteiger charge is -2.23. The number of hydrogen-bond acceptors (Lipinski definition) is 5. The van der Waals surface area contributed by atoms with E-state index < -0.39 is 0 Å². The minimum absolute atomic E-state index is 0.00110. The number of hydrogen-bond donors (Lipinski definition) is 2. The van der Waals surface area contributed by atoms with Gasteiger partial charge in [-0.3, -0.25) is 14.6 Å². The molecule has 0 atom stereocenters. The van der Waals surface area contributed by atoms with E-state index in [1.165, 1.54) is 0 Å². The highest BCUT2D eigenvalue weighted by atomic mass is 16.2. The lowest BCUT2D eigenvalue weighted by atomic mass is 10.1. The number of aryl methyl sites for hydroxylation is 1. The average Bonchev–Trinajstić information content (AvgIpc) is 2.74. The maximum absolute atomic E-state index is 13.0. The normalized spacial score (nSPS) is 10.7. The molecule has 0 radical (unpaired) electrons. The highest BCUT2D eigenvalue weighted by molar-refractivity contribution is 5.79. The third kappa shape index (κ3) is 5.36. The van der Waals surface area contributed by atoms with Crippen molar-refractivity contribution in [3.8, 4) is 11.4 Å². The van der Waals surface area contributed by atoms with Crippen molar-refractivity contribution in [3.05, 3.63) is 82.0 Å². The van der Waals surface area contributed by atoms with Crippen LogP contribution in [0.3, 0.4) is 0 Å². The van der Waals surface area contributed by atoms with Gasteiger partial charge in [-0.15, -0.1) is 0 Å². The average molecular weight is 391 g/mol. The molecule has 7 heteroatoms. The number of amides is 1. The molecule has 3 aromatic rings. The van der Waals surface area contributed by atoms with E-state index >= 15 is 0 Å². The van der Waals surface area contributed by atoms with Crippen LogP contribution >= 0.6 is 0 Å². The molecule has 0 unspecified atom stereocenters. The summed E-state index contributed by atoms with van der Waals surface area (Å²) in [7, 11) is 0. The zero-order chi connectivity index (χ0) is 20.6. The lowest BCUT2D eigenvalue weighted by Crippen LogP contribution is -2.35. The summed E-state index contributed by atoms with van der Waals surface area (Å²) in [5.41, 5.74) is 8.01. The Balaban J connectivity index is 1.81. The SMILES string of the molecule is Cc1nc(-c2cccnc2)[nH]c(=O)c1CC(=O)N(CCCN)Cc1ccccc1. The van der Waals surface area contributed by atoms with Gasteiger partial charge in [0.15, 0.2) is 0 Å². The first-order valence-electron chi connectivity index (χ1n) is 9.60. The Morgan fingerprint density at radius 1 is 1.17 bits per heavy atom. The summed E-state index contributed by atoms with van der Waals surface area (Å²) in [4.78, 5) is 38.7. The van der Waals surface area contributed by atoms with Gasteiger partial charge in [0.25, 0.3) is 5.56 Å². The molecule has 29 heavy (non-hydrogen) atoms. The number of rotatable bonds is 8. The van der Waals surface area contributed by atoms with Gasteiger partial charge in [-0.05, 0) is 37.6 Å². The molecule has 1 amide bonds. The Morgan fingerprint density at radius 2 is 1.97 bits per heavy atom. The highest BCUT2D eigenvalue weighted by Crippen LogP contribution is 2.14. The second-order valence-corrected chi connectivity index (χ2v) is 6.84. The van der Waals surface area contributed by atoms with Crippen LogP contribution in [0, 0.1) is 6.92 Å². The topological polar surface area (TPSA) is 105 Å². The second-order valence-electron chi connectivity index (χ2n) is 6.84. The number of aromatic amines is 1. The molecule has 0 spiro atoms. The van der Waals surface area contributed by atoms with Gasteiger partial charge in [-0.25, -0.2) is 4.98 Å². The summed E-state index contributed by atoms with van der Waals surface area (Å²) in [5.74, 6) is 0.327. The zero-order valence-electron chi connectivity index (χ0n) is 16.5. The number of benzene rings is 1. The molecule has 0 aliphatic heterocycles. The van der Waals surface area contributed by atoms with Crippen LogP contribution in [0.2, 0.25) is 0 Å². The number of aromatic nitrogens is 3. The largest absolute Gasteiger partial charge is 0.338 e. The Bertz CT molecular complexity index is 1000. The van der Waals surface area contributed by atoms with Gasteiger partial charge in [0, 0.05) is 42.3 Å². The van der Waals surface area contributed by atoms with E-state index in [1.54, 1.807) is 30.3 Å². The molecule has 7 nitrogen and oxygen atoms in total. The summed E-state index contributed by atoms with van der Waals surface area (Å²) in [6.07, 6.45) is 3.99. The maximum atomic E-state index is 13.0. The van der Waals surface area contributed by atoms with E-state index in [0.29, 0.717) is 43.1 Å². The molecule has 0 fully saturated rings. The quantitative estimate of drug-likeness (QED) is 0.611. The number of nitrogens with zero attached hydrogens (tertiary/aromatic N) is 3. The predicted molar refractivity (Wildman–Crippen MR) is 112 cm³/mol. The van der Waals surface area contributed by atoms with E-state index in [1.807, 2.05) is 36.4 Å². The van der Waals surface area contributed by atoms with Gasteiger partial charge < -0.3 is 15.6 Å². The van der Waals surface area contributed by atoms with Crippen LogP contribution in [0.5, 0.6) is 0 Å². The Morgan fingerprint density at radius 3 is 2.62 bits per heavy atom. The third-order valence-corrected chi connectivity index (χ3v) is 4.69. The van der Waals surface area contributed by atoms with Crippen LogP contribution in [0.1, 0.15) is 23.2 Å². The third-order valence-electron chi connectivity index (χ3n) is 4.69. The van der Waals surface area contributed by atoms with Crippen LogP contribution in [0.25, 0.3) is 11.4 Å². The van der Waals surface area contributed by atoms with Crippen molar-refractivity contribution in [3.63, 3.8) is 0 Å². The van der Waals surface area contributed by atoms with Gasteiger partial charge in [-0.2, -0.15) is 0 Å². The standard InChI is InChI=1S/C22H25N5O2/c1-16-19(22(29)26-21(25-16)18-9-5-11-24-14-18)13-20(28)27(12-6-10-23)15-17-7-3-2-4-8-17/h2-5,7-9,11,14H,6,10,12-13,15,23H2,1H3,(H,25,26,29). The lowest BCUT2D eigenvalue weighted by molar-refractivity contribution is -0.131. The van der Waals surface area contributed by atoms with Gasteiger partial charge in [0.1, 0.15) is 5.82 Å². The number of H-pyrrole nitrogens is 1. The zero-order valence-corrected chi connectivity index (χ0v) is 16.5. The fourth-order valence-electron chi connectivity index (χ4n) is 3.10. The number of carbonyl (C=O) groups excluding carboxylic acids is 1.